The first kappa shape index (κ1) is 13.7. The van der Waals surface area contributed by atoms with E-state index in [1.807, 2.05) is 24.3 Å². The molecule has 1 aliphatic rings. The van der Waals surface area contributed by atoms with Crippen molar-refractivity contribution in [2.45, 2.75) is 25.5 Å². The Bertz CT molecular complexity index is 657. The van der Waals surface area contributed by atoms with Crippen LogP contribution < -0.4 is 10.5 Å². The Morgan fingerprint density at radius 3 is 2.85 bits per heavy atom. The van der Waals surface area contributed by atoms with Crippen molar-refractivity contribution in [3.63, 3.8) is 0 Å². The quantitative estimate of drug-likeness (QED) is 0.894. The molecule has 1 aliphatic heterocycles. The Kier molecular flexibility index (Phi) is 3.63. The first-order valence-electron chi connectivity index (χ1n) is 6.55. The fourth-order valence-corrected chi connectivity index (χ4v) is 3.00. The molecular weight excluding hydrogens is 293 g/mol. The minimum Gasteiger partial charge on any atom is -0.490 e. The van der Waals surface area contributed by atoms with Gasteiger partial charge in [0.25, 0.3) is 0 Å². The highest BCUT2D eigenvalue weighted by atomic mass is 35.5. The summed E-state index contributed by atoms with van der Waals surface area (Å²) in [6.07, 6.45) is 1.14. The van der Waals surface area contributed by atoms with Gasteiger partial charge in [-0.25, -0.2) is 0 Å². The van der Waals surface area contributed by atoms with Crippen molar-refractivity contribution >= 4 is 23.2 Å². The van der Waals surface area contributed by atoms with E-state index in [1.165, 1.54) is 5.56 Å². The maximum absolute atomic E-state index is 6.33. The molecule has 0 saturated heterocycles. The third kappa shape index (κ3) is 2.39. The third-order valence-electron chi connectivity index (χ3n) is 3.60. The molecule has 104 valence electrons. The molecule has 3 rings (SSSR count). The molecule has 1 heterocycles. The van der Waals surface area contributed by atoms with Crippen molar-refractivity contribution in [2.75, 3.05) is 0 Å². The molecule has 0 bridgehead atoms. The summed E-state index contributed by atoms with van der Waals surface area (Å²) < 4.78 is 5.70. The Hall–Kier alpha value is -1.22. The molecule has 0 aromatic heterocycles. The van der Waals surface area contributed by atoms with E-state index in [2.05, 4.69) is 13.0 Å². The lowest BCUT2D eigenvalue weighted by molar-refractivity contribution is 0.254. The number of ether oxygens (including phenoxy) is 1. The highest BCUT2D eigenvalue weighted by Crippen LogP contribution is 2.35. The third-order valence-corrected chi connectivity index (χ3v) is 4.43. The maximum Gasteiger partial charge on any atom is 0.123 e. The number of hydrogen-bond donors (Lipinski definition) is 1. The second-order valence-electron chi connectivity index (χ2n) is 5.12. The van der Waals surface area contributed by atoms with E-state index in [0.717, 1.165) is 23.3 Å². The second-order valence-corrected chi connectivity index (χ2v) is 5.91. The summed E-state index contributed by atoms with van der Waals surface area (Å²) in [4.78, 5) is 0. The van der Waals surface area contributed by atoms with Crippen LogP contribution >= 0.6 is 23.2 Å². The van der Waals surface area contributed by atoms with Gasteiger partial charge < -0.3 is 10.5 Å². The molecule has 0 amide bonds. The van der Waals surface area contributed by atoms with E-state index in [-0.39, 0.29) is 12.1 Å². The normalized spacial score (nSPS) is 18.5. The van der Waals surface area contributed by atoms with Crippen LogP contribution in [-0.2, 0) is 6.42 Å². The van der Waals surface area contributed by atoms with Crippen LogP contribution in [-0.4, -0.2) is 6.10 Å². The molecule has 2 aromatic carbocycles. The monoisotopic (exact) mass is 307 g/mol. The maximum atomic E-state index is 6.33. The molecule has 2 atom stereocenters. The summed E-state index contributed by atoms with van der Waals surface area (Å²) >= 11 is 12.3. The zero-order valence-corrected chi connectivity index (χ0v) is 12.6. The summed E-state index contributed by atoms with van der Waals surface area (Å²) in [5, 5.41) is 1.05. The molecule has 0 spiro atoms. The number of benzene rings is 2. The standard InChI is InChI=1S/C16H15Cl2NO/c1-9-7-11-8-10(5-6-14(11)20-9)16(19)12-3-2-4-13(17)15(12)18/h2-6,8-9,16H,7,19H2,1H3. The minimum atomic E-state index is -0.289. The Labute approximate surface area is 128 Å². The van der Waals surface area contributed by atoms with Gasteiger partial charge in [-0.2, -0.15) is 0 Å². The van der Waals surface area contributed by atoms with Crippen molar-refractivity contribution in [3.05, 3.63) is 63.1 Å². The van der Waals surface area contributed by atoms with Crippen LogP contribution in [0.4, 0.5) is 0 Å². The largest absolute Gasteiger partial charge is 0.490 e. The van der Waals surface area contributed by atoms with Crippen LogP contribution in [0.5, 0.6) is 5.75 Å². The van der Waals surface area contributed by atoms with Gasteiger partial charge in [0.2, 0.25) is 0 Å². The molecule has 2 N–H and O–H groups in total. The Morgan fingerprint density at radius 1 is 1.25 bits per heavy atom. The van der Waals surface area contributed by atoms with Gasteiger partial charge in [0.15, 0.2) is 0 Å². The van der Waals surface area contributed by atoms with Crippen LogP contribution in [0.1, 0.15) is 29.7 Å². The van der Waals surface area contributed by atoms with E-state index in [9.17, 15) is 0 Å². The van der Waals surface area contributed by atoms with E-state index < -0.39 is 0 Å². The number of halogens is 2. The minimum absolute atomic E-state index is 0.228. The summed E-state index contributed by atoms with van der Waals surface area (Å²) in [7, 11) is 0. The molecule has 2 unspecified atom stereocenters. The summed E-state index contributed by atoms with van der Waals surface area (Å²) in [6, 6.07) is 11.3. The highest BCUT2D eigenvalue weighted by molar-refractivity contribution is 6.42. The lowest BCUT2D eigenvalue weighted by Gasteiger charge is -2.15. The average Bonchev–Trinajstić information content (AvgIpc) is 2.80. The van der Waals surface area contributed by atoms with Crippen LogP contribution in [0.15, 0.2) is 36.4 Å². The van der Waals surface area contributed by atoms with Crippen molar-refractivity contribution in [2.24, 2.45) is 5.73 Å². The molecule has 2 nitrogen and oxygen atoms in total. The highest BCUT2D eigenvalue weighted by Gasteiger charge is 2.21. The van der Waals surface area contributed by atoms with Gasteiger partial charge in [-0.3, -0.25) is 0 Å². The topological polar surface area (TPSA) is 35.2 Å². The van der Waals surface area contributed by atoms with Gasteiger partial charge in [0.1, 0.15) is 11.9 Å². The van der Waals surface area contributed by atoms with Crippen molar-refractivity contribution in [3.8, 4) is 5.75 Å². The van der Waals surface area contributed by atoms with Gasteiger partial charge in [0.05, 0.1) is 16.1 Å². The molecule has 20 heavy (non-hydrogen) atoms. The zero-order chi connectivity index (χ0) is 14.3. The van der Waals surface area contributed by atoms with E-state index in [1.54, 1.807) is 6.07 Å². The van der Waals surface area contributed by atoms with Gasteiger partial charge in [-0.1, -0.05) is 47.5 Å². The van der Waals surface area contributed by atoms with Crippen molar-refractivity contribution < 1.29 is 4.74 Å². The zero-order valence-electron chi connectivity index (χ0n) is 11.1. The van der Waals surface area contributed by atoms with Crippen LogP contribution in [0, 0.1) is 0 Å². The van der Waals surface area contributed by atoms with Crippen molar-refractivity contribution in [1.82, 2.24) is 0 Å². The van der Waals surface area contributed by atoms with E-state index >= 15 is 0 Å². The molecule has 0 radical (unpaired) electrons. The predicted molar refractivity (Wildman–Crippen MR) is 82.7 cm³/mol. The Balaban J connectivity index is 1.97. The van der Waals surface area contributed by atoms with Gasteiger partial charge >= 0.3 is 0 Å². The first-order valence-corrected chi connectivity index (χ1v) is 7.31. The number of fused-ring (bicyclic) bond motifs is 1. The molecule has 0 fully saturated rings. The molecule has 0 aliphatic carbocycles. The van der Waals surface area contributed by atoms with Crippen LogP contribution in [0.2, 0.25) is 10.0 Å². The summed E-state index contributed by atoms with van der Waals surface area (Å²) in [5.74, 6) is 0.950. The number of rotatable bonds is 2. The lowest BCUT2D eigenvalue weighted by Crippen LogP contribution is -2.12. The van der Waals surface area contributed by atoms with Crippen LogP contribution in [0.3, 0.4) is 0 Å². The number of nitrogens with two attached hydrogens (primary N) is 1. The SMILES string of the molecule is CC1Cc2cc(C(N)c3cccc(Cl)c3Cl)ccc2O1. The fourth-order valence-electron chi connectivity index (χ4n) is 2.58. The second kappa shape index (κ2) is 5.28. The van der Waals surface area contributed by atoms with E-state index in [4.69, 9.17) is 33.7 Å². The van der Waals surface area contributed by atoms with E-state index in [0.29, 0.717) is 10.0 Å². The Morgan fingerprint density at radius 2 is 2.05 bits per heavy atom. The van der Waals surface area contributed by atoms with Gasteiger partial charge in [-0.05, 0) is 35.7 Å². The fraction of sp³-hybridized carbons (Fsp3) is 0.250. The number of hydrogen-bond acceptors (Lipinski definition) is 2. The molecule has 0 saturated carbocycles. The molecule has 4 heteroatoms. The average molecular weight is 308 g/mol. The first-order chi connectivity index (χ1) is 9.56. The smallest absolute Gasteiger partial charge is 0.123 e. The summed E-state index contributed by atoms with van der Waals surface area (Å²) in [6.45, 7) is 2.06. The summed E-state index contributed by atoms with van der Waals surface area (Å²) in [5.41, 5.74) is 9.39. The van der Waals surface area contributed by atoms with Gasteiger partial charge in [0, 0.05) is 6.42 Å². The molecule has 2 aromatic rings. The molecular formula is C16H15Cl2NO. The van der Waals surface area contributed by atoms with Crippen molar-refractivity contribution in [1.29, 1.82) is 0 Å². The van der Waals surface area contributed by atoms with Crippen LogP contribution in [0.25, 0.3) is 0 Å². The lowest BCUT2D eigenvalue weighted by atomic mass is 9.97. The predicted octanol–water partition coefficient (Wildman–Crippen LogP) is 4.36. The van der Waals surface area contributed by atoms with Gasteiger partial charge in [-0.15, -0.1) is 0 Å².